The first kappa shape index (κ1) is 41.7. The lowest BCUT2D eigenvalue weighted by Gasteiger charge is -2.44. The number of benzene rings is 3. The van der Waals surface area contributed by atoms with Crippen molar-refractivity contribution in [1.29, 1.82) is 0 Å². The molecule has 4 aromatic rings. The van der Waals surface area contributed by atoms with Gasteiger partial charge < -0.3 is 29.7 Å². The van der Waals surface area contributed by atoms with Crippen molar-refractivity contribution in [3.05, 3.63) is 123 Å². The largest absolute Gasteiger partial charge is 0.870 e. The molecule has 3 N–H and O–H groups in total. The predicted octanol–water partition coefficient (Wildman–Crippen LogP) is 7.41. The number of aromatic amines is 1. The highest BCUT2D eigenvalue weighted by atomic mass is 35.5. The van der Waals surface area contributed by atoms with Crippen molar-refractivity contribution in [3.63, 3.8) is 0 Å². The van der Waals surface area contributed by atoms with Crippen LogP contribution in [0, 0.1) is 17.7 Å². The smallest absolute Gasteiger partial charge is 0.387 e. The van der Waals surface area contributed by atoms with Gasteiger partial charge in [0.2, 0.25) is 0 Å². The topological polar surface area (TPSA) is 148 Å². The Bertz CT molecular complexity index is 2060. The van der Waals surface area contributed by atoms with Crippen LogP contribution >= 0.6 is 23.2 Å². The SMILES string of the molecule is O=C(NC(C(=O)OC1CN2CCC1CC2)c1cccc(F)c1)c1cccc(C(=O)O[C@@H](Cc2c(Cl)c[nH+]cc2Cl)c2ccc(OC(F)F)c(OCC3CC3)c2)c1.[OH-]. The number of pyridine rings is 1. The van der Waals surface area contributed by atoms with Crippen LogP contribution in [-0.2, 0) is 20.7 Å². The van der Waals surface area contributed by atoms with E-state index >= 15 is 0 Å². The van der Waals surface area contributed by atoms with Crippen molar-refractivity contribution in [2.75, 3.05) is 26.2 Å². The molecule has 1 aromatic heterocycles. The summed E-state index contributed by atoms with van der Waals surface area (Å²) in [5.74, 6) is -2.49. The molecule has 302 valence electrons. The number of H-pyrrole nitrogens is 1. The molecule has 16 heteroatoms. The summed E-state index contributed by atoms with van der Waals surface area (Å²) in [6.45, 7) is -0.332. The number of hydrogen-bond donors (Lipinski definition) is 1. The molecule has 4 fully saturated rings. The summed E-state index contributed by atoms with van der Waals surface area (Å²) in [4.78, 5) is 46.3. The molecule has 2 bridgehead atoms. The molecule has 2 unspecified atom stereocenters. The van der Waals surface area contributed by atoms with Gasteiger partial charge in [-0.1, -0.05) is 47.5 Å². The fraction of sp³-hybridized carbons (Fsp3) is 0.366. The first-order chi connectivity index (χ1) is 27.0. The Morgan fingerprint density at radius 1 is 0.877 bits per heavy atom. The van der Waals surface area contributed by atoms with Crippen molar-refractivity contribution in [2.45, 2.75) is 57.0 Å². The Balaban J connectivity index is 0.00000549. The average Bonchev–Trinajstić information content (AvgIpc) is 4.02. The van der Waals surface area contributed by atoms with E-state index in [4.69, 9.17) is 42.1 Å². The molecule has 3 atom stereocenters. The molecule has 3 aliphatic heterocycles. The third-order valence-corrected chi connectivity index (χ3v) is 11.0. The molecule has 3 saturated heterocycles. The van der Waals surface area contributed by atoms with Crippen LogP contribution in [0.4, 0.5) is 13.2 Å². The number of alkyl halides is 2. The Morgan fingerprint density at radius 3 is 2.26 bits per heavy atom. The number of hydrogen-bond acceptors (Lipinski definition) is 9. The van der Waals surface area contributed by atoms with Crippen molar-refractivity contribution in [3.8, 4) is 11.5 Å². The van der Waals surface area contributed by atoms with Crippen LogP contribution in [0.3, 0.4) is 0 Å². The lowest BCUT2D eigenvalue weighted by atomic mass is 9.86. The van der Waals surface area contributed by atoms with E-state index in [1.54, 1.807) is 0 Å². The van der Waals surface area contributed by atoms with Gasteiger partial charge in [0.05, 0.1) is 12.2 Å². The van der Waals surface area contributed by atoms with Gasteiger partial charge in [-0.05, 0) is 104 Å². The number of esters is 2. The van der Waals surface area contributed by atoms with E-state index in [-0.39, 0.29) is 62.2 Å². The second-order valence-electron chi connectivity index (χ2n) is 14.2. The summed E-state index contributed by atoms with van der Waals surface area (Å²) in [6.07, 6.45) is 5.30. The standard InChI is InChI=1S/C41H38Cl2F3N3O7.H2O/c42-31-19-47-20-32(43)30(31)18-34(25-9-10-33(56-41(45)46)35(17-25)53-22-23-7-8-23)54-39(51)28-5-1-4-27(15-28)38(50)48-37(26-3-2-6-29(44)16-26)40(52)55-36-21-49-13-11-24(36)12-14-49;/h1-6,9-10,15-17,19-20,23-24,34,36-37,41H,7-8,11-14,18,21-22H2,(H,48,50);1H2/t34-,36?,37?;/m0./s1. The molecule has 4 aliphatic rings. The number of nitrogens with zero attached hydrogens (tertiary/aromatic N) is 1. The summed E-state index contributed by atoms with van der Waals surface area (Å²) in [6, 6.07) is 14.0. The Hall–Kier alpha value is -4.89. The Morgan fingerprint density at radius 2 is 1.60 bits per heavy atom. The highest BCUT2D eigenvalue weighted by molar-refractivity contribution is 6.35. The minimum atomic E-state index is -3.10. The van der Waals surface area contributed by atoms with Crippen LogP contribution in [0.15, 0.2) is 79.1 Å². The van der Waals surface area contributed by atoms with Crippen molar-refractivity contribution in [2.24, 2.45) is 11.8 Å². The first-order valence-corrected chi connectivity index (χ1v) is 19.1. The van der Waals surface area contributed by atoms with Gasteiger partial charge in [-0.25, -0.2) is 19.0 Å². The fourth-order valence-corrected chi connectivity index (χ4v) is 7.56. The zero-order chi connectivity index (χ0) is 39.3. The minimum absolute atomic E-state index is 0. The van der Waals surface area contributed by atoms with Crippen LogP contribution in [0.2, 0.25) is 10.0 Å². The number of amides is 1. The number of rotatable bonds is 15. The number of carbonyl (C=O) groups is 3. The normalized spacial score (nSPS) is 19.5. The van der Waals surface area contributed by atoms with E-state index in [9.17, 15) is 27.6 Å². The first-order valence-electron chi connectivity index (χ1n) is 18.4. The summed E-state index contributed by atoms with van der Waals surface area (Å²) < 4.78 is 63.5. The highest BCUT2D eigenvalue weighted by Gasteiger charge is 2.38. The van der Waals surface area contributed by atoms with Crippen molar-refractivity contribution in [1.82, 2.24) is 10.2 Å². The second kappa shape index (κ2) is 18.6. The maximum Gasteiger partial charge on any atom is 0.387 e. The molecule has 4 heterocycles. The molecule has 1 amide bonds. The van der Waals surface area contributed by atoms with Crippen LogP contribution in [-0.4, -0.2) is 67.2 Å². The van der Waals surface area contributed by atoms with Gasteiger partial charge in [0.25, 0.3) is 5.91 Å². The average molecular weight is 831 g/mol. The number of halogens is 5. The molecule has 11 nitrogen and oxygen atoms in total. The zero-order valence-electron chi connectivity index (χ0n) is 30.5. The number of piperidine rings is 3. The summed E-state index contributed by atoms with van der Waals surface area (Å²) in [5, 5.41) is 3.21. The van der Waals surface area contributed by atoms with E-state index in [0.29, 0.717) is 30.2 Å². The molecule has 1 aliphatic carbocycles. The van der Waals surface area contributed by atoms with Crippen LogP contribution < -0.4 is 19.8 Å². The highest BCUT2D eigenvalue weighted by Crippen LogP contribution is 2.38. The molecule has 3 aromatic carbocycles. The van der Waals surface area contributed by atoms with Crippen LogP contribution in [0.5, 0.6) is 11.5 Å². The predicted molar refractivity (Wildman–Crippen MR) is 200 cm³/mol. The molecule has 57 heavy (non-hydrogen) atoms. The van der Waals surface area contributed by atoms with E-state index in [0.717, 1.165) is 44.8 Å². The van der Waals surface area contributed by atoms with Gasteiger partial charge in [0.15, 0.2) is 29.9 Å². The maximum atomic E-state index is 14.4. The monoisotopic (exact) mass is 829 g/mol. The lowest BCUT2D eigenvalue weighted by molar-refractivity contribution is -0.377. The number of nitrogens with one attached hydrogen (secondary N) is 2. The minimum Gasteiger partial charge on any atom is -0.870 e. The number of fused-ring (bicyclic) bond motifs is 3. The summed E-state index contributed by atoms with van der Waals surface area (Å²) >= 11 is 13.0. The van der Waals surface area contributed by atoms with Crippen molar-refractivity contribution >= 4 is 41.0 Å². The van der Waals surface area contributed by atoms with Crippen LogP contribution in [0.1, 0.15) is 75.2 Å². The summed E-state index contributed by atoms with van der Waals surface area (Å²) in [7, 11) is 0. The van der Waals surface area contributed by atoms with E-state index in [1.165, 1.54) is 73.1 Å². The van der Waals surface area contributed by atoms with Gasteiger partial charge in [0, 0.05) is 24.1 Å². The third kappa shape index (κ3) is 10.5. The zero-order valence-corrected chi connectivity index (χ0v) is 32.0. The Kier molecular flexibility index (Phi) is 13.6. The molecular weight excluding hydrogens is 790 g/mol. The third-order valence-electron chi connectivity index (χ3n) is 10.3. The van der Waals surface area contributed by atoms with Gasteiger partial charge in [-0.2, -0.15) is 8.78 Å². The van der Waals surface area contributed by atoms with Crippen molar-refractivity contribution < 1.29 is 57.0 Å². The van der Waals surface area contributed by atoms with Gasteiger partial charge in [-0.15, -0.1) is 0 Å². The number of ether oxygens (including phenoxy) is 4. The maximum absolute atomic E-state index is 14.4. The fourth-order valence-electron chi connectivity index (χ4n) is 7.03. The van der Waals surface area contributed by atoms with E-state index < -0.39 is 42.4 Å². The molecule has 0 radical (unpaired) electrons. The van der Waals surface area contributed by atoms with Gasteiger partial charge in [-0.3, -0.25) is 9.69 Å². The molecule has 8 rings (SSSR count). The lowest BCUT2D eigenvalue weighted by Crippen LogP contribution is -2.52. The number of aromatic nitrogens is 1. The molecular formula is C41H40Cl2F3N3O8. The van der Waals surface area contributed by atoms with E-state index in [2.05, 4.69) is 15.2 Å². The summed E-state index contributed by atoms with van der Waals surface area (Å²) in [5.41, 5.74) is 1.02. The van der Waals surface area contributed by atoms with E-state index in [1.807, 2.05) is 0 Å². The number of carbonyl (C=O) groups excluding carboxylic acids is 3. The van der Waals surface area contributed by atoms with Gasteiger partial charge >= 0.3 is 18.6 Å². The van der Waals surface area contributed by atoms with Crippen LogP contribution in [0.25, 0.3) is 0 Å². The molecule has 1 saturated carbocycles. The quantitative estimate of drug-likeness (QED) is 0.121. The Labute approximate surface area is 336 Å². The second-order valence-corrected chi connectivity index (χ2v) is 15.0. The molecule has 0 spiro atoms. The van der Waals surface area contributed by atoms with Gasteiger partial charge in [0.1, 0.15) is 28.1 Å².